The van der Waals surface area contributed by atoms with Crippen molar-refractivity contribution in [3.05, 3.63) is 35.2 Å². The number of hydrogen-bond donors (Lipinski definition) is 2. The van der Waals surface area contributed by atoms with Crippen LogP contribution in [0.3, 0.4) is 0 Å². The summed E-state index contributed by atoms with van der Waals surface area (Å²) >= 11 is 1.77. The summed E-state index contributed by atoms with van der Waals surface area (Å²) in [6.07, 6.45) is 2.54. The first-order valence-electron chi connectivity index (χ1n) is 6.94. The van der Waals surface area contributed by atoms with E-state index in [1.54, 1.807) is 11.3 Å². The van der Waals surface area contributed by atoms with Gasteiger partial charge in [0.25, 0.3) is 0 Å². The lowest BCUT2D eigenvalue weighted by Gasteiger charge is -2.10. The predicted octanol–water partition coefficient (Wildman–Crippen LogP) is 2.48. The fourth-order valence-electron chi connectivity index (χ4n) is 2.36. The van der Waals surface area contributed by atoms with E-state index in [0.717, 1.165) is 26.0 Å². The van der Waals surface area contributed by atoms with E-state index in [2.05, 4.69) is 40.6 Å². The number of nitrogens with one attached hydrogen (secondary N) is 1. The second-order valence-electron chi connectivity index (χ2n) is 4.97. The molecule has 106 valence electrons. The molecule has 0 amide bonds. The van der Waals surface area contributed by atoms with Gasteiger partial charge in [0.05, 0.1) is 12.6 Å². The van der Waals surface area contributed by atoms with Crippen molar-refractivity contribution in [2.24, 2.45) is 10.7 Å². The lowest BCUT2D eigenvalue weighted by Crippen LogP contribution is -2.37. The summed E-state index contributed by atoms with van der Waals surface area (Å²) in [4.78, 5) is 5.62. The van der Waals surface area contributed by atoms with Gasteiger partial charge in [0, 0.05) is 22.7 Å². The van der Waals surface area contributed by atoms with Gasteiger partial charge in [-0.2, -0.15) is 0 Å². The SMILES string of the molecule is NC(=NCc1cc2ccccc2s1)NCC1CCCO1. The van der Waals surface area contributed by atoms with Crippen molar-refractivity contribution in [3.63, 3.8) is 0 Å². The van der Waals surface area contributed by atoms with Crippen LogP contribution in [0.5, 0.6) is 0 Å². The smallest absolute Gasteiger partial charge is 0.189 e. The van der Waals surface area contributed by atoms with E-state index in [9.17, 15) is 0 Å². The topological polar surface area (TPSA) is 59.6 Å². The molecule has 0 spiro atoms. The number of aliphatic imine (C=N–C) groups is 1. The number of benzene rings is 1. The fraction of sp³-hybridized carbons (Fsp3) is 0.400. The van der Waals surface area contributed by atoms with Gasteiger partial charge >= 0.3 is 0 Å². The number of guanidine groups is 1. The Morgan fingerprint density at radius 1 is 1.45 bits per heavy atom. The summed E-state index contributed by atoms with van der Waals surface area (Å²) in [7, 11) is 0. The molecule has 2 heterocycles. The Morgan fingerprint density at radius 3 is 3.15 bits per heavy atom. The second kappa shape index (κ2) is 6.24. The summed E-state index contributed by atoms with van der Waals surface area (Å²) in [6.45, 7) is 2.25. The van der Waals surface area contributed by atoms with E-state index in [1.807, 2.05) is 0 Å². The number of hydrogen-bond acceptors (Lipinski definition) is 3. The Bertz CT molecular complexity index is 569. The van der Waals surface area contributed by atoms with Crippen LogP contribution >= 0.6 is 11.3 Å². The molecule has 3 rings (SSSR count). The first kappa shape index (κ1) is 13.4. The van der Waals surface area contributed by atoms with Gasteiger partial charge in [0.2, 0.25) is 0 Å². The van der Waals surface area contributed by atoms with Gasteiger partial charge in [-0.3, -0.25) is 0 Å². The number of thiophene rings is 1. The summed E-state index contributed by atoms with van der Waals surface area (Å²) in [5, 5.41) is 4.41. The lowest BCUT2D eigenvalue weighted by molar-refractivity contribution is 0.114. The van der Waals surface area contributed by atoms with Gasteiger partial charge in [-0.25, -0.2) is 4.99 Å². The van der Waals surface area contributed by atoms with Gasteiger partial charge in [-0.05, 0) is 30.4 Å². The van der Waals surface area contributed by atoms with Crippen LogP contribution in [-0.4, -0.2) is 25.2 Å². The van der Waals surface area contributed by atoms with Gasteiger partial charge in [0.15, 0.2) is 5.96 Å². The highest BCUT2D eigenvalue weighted by Gasteiger charge is 2.14. The third-order valence-electron chi connectivity index (χ3n) is 3.42. The third-order valence-corrected chi connectivity index (χ3v) is 4.52. The summed E-state index contributed by atoms with van der Waals surface area (Å²) in [5.41, 5.74) is 5.88. The Labute approximate surface area is 122 Å². The van der Waals surface area contributed by atoms with Crippen molar-refractivity contribution in [1.82, 2.24) is 5.32 Å². The number of nitrogens with two attached hydrogens (primary N) is 1. The molecule has 1 unspecified atom stereocenters. The van der Waals surface area contributed by atoms with Crippen molar-refractivity contribution >= 4 is 27.4 Å². The molecule has 1 saturated heterocycles. The Balaban J connectivity index is 1.55. The minimum Gasteiger partial charge on any atom is -0.376 e. The molecule has 0 radical (unpaired) electrons. The Kier molecular flexibility index (Phi) is 4.18. The molecule has 0 bridgehead atoms. The zero-order valence-electron chi connectivity index (χ0n) is 11.3. The van der Waals surface area contributed by atoms with Crippen LogP contribution < -0.4 is 11.1 Å². The fourth-order valence-corrected chi connectivity index (χ4v) is 3.35. The van der Waals surface area contributed by atoms with E-state index in [4.69, 9.17) is 10.5 Å². The minimum atomic E-state index is 0.285. The average molecular weight is 289 g/mol. The number of nitrogens with zero attached hydrogens (tertiary/aromatic N) is 1. The summed E-state index contributed by atoms with van der Waals surface area (Å²) in [6, 6.07) is 10.5. The molecule has 1 aromatic carbocycles. The summed E-state index contributed by atoms with van der Waals surface area (Å²) < 4.78 is 6.83. The van der Waals surface area contributed by atoms with Gasteiger partial charge in [-0.15, -0.1) is 11.3 Å². The van der Waals surface area contributed by atoms with E-state index < -0.39 is 0 Å². The van der Waals surface area contributed by atoms with Gasteiger partial charge < -0.3 is 15.8 Å². The largest absolute Gasteiger partial charge is 0.376 e. The van der Waals surface area contributed by atoms with Crippen LogP contribution in [0.1, 0.15) is 17.7 Å². The van der Waals surface area contributed by atoms with E-state index in [1.165, 1.54) is 15.0 Å². The maximum atomic E-state index is 5.88. The van der Waals surface area contributed by atoms with Crippen molar-refractivity contribution in [3.8, 4) is 0 Å². The molecule has 1 fully saturated rings. The Morgan fingerprint density at radius 2 is 2.35 bits per heavy atom. The number of rotatable bonds is 4. The quantitative estimate of drug-likeness (QED) is 0.671. The maximum absolute atomic E-state index is 5.88. The predicted molar refractivity (Wildman–Crippen MR) is 84.1 cm³/mol. The van der Waals surface area contributed by atoms with Crippen molar-refractivity contribution < 1.29 is 4.74 Å². The second-order valence-corrected chi connectivity index (χ2v) is 6.14. The lowest BCUT2D eigenvalue weighted by atomic mass is 10.2. The molecule has 1 aromatic heterocycles. The standard InChI is InChI=1S/C15H19N3OS/c16-15(17-9-12-5-3-7-19-12)18-10-13-8-11-4-1-2-6-14(11)20-13/h1-2,4,6,8,12H,3,5,7,9-10H2,(H3,16,17,18). The first-order chi connectivity index (χ1) is 9.81. The summed E-state index contributed by atoms with van der Waals surface area (Å²) in [5.74, 6) is 0.498. The van der Waals surface area contributed by atoms with Crippen LogP contribution in [0.15, 0.2) is 35.3 Å². The molecular weight excluding hydrogens is 270 g/mol. The van der Waals surface area contributed by atoms with Crippen LogP contribution in [-0.2, 0) is 11.3 Å². The van der Waals surface area contributed by atoms with Crippen LogP contribution in [0.4, 0.5) is 0 Å². The normalized spacial score (nSPS) is 19.6. The number of ether oxygens (including phenoxy) is 1. The molecule has 0 saturated carbocycles. The van der Waals surface area contributed by atoms with E-state index >= 15 is 0 Å². The maximum Gasteiger partial charge on any atom is 0.189 e. The molecule has 5 heteroatoms. The average Bonchev–Trinajstić information content (AvgIpc) is 3.11. The van der Waals surface area contributed by atoms with Gasteiger partial charge in [-0.1, -0.05) is 18.2 Å². The van der Waals surface area contributed by atoms with Crippen molar-refractivity contribution in [2.75, 3.05) is 13.2 Å². The molecule has 20 heavy (non-hydrogen) atoms. The molecule has 1 aliphatic rings. The Hall–Kier alpha value is -1.59. The van der Waals surface area contributed by atoms with Crippen LogP contribution in [0.2, 0.25) is 0 Å². The highest BCUT2D eigenvalue weighted by atomic mass is 32.1. The van der Waals surface area contributed by atoms with Crippen molar-refractivity contribution in [2.45, 2.75) is 25.5 Å². The van der Waals surface area contributed by atoms with Crippen LogP contribution in [0.25, 0.3) is 10.1 Å². The molecular formula is C15H19N3OS. The highest BCUT2D eigenvalue weighted by Crippen LogP contribution is 2.25. The molecule has 0 aliphatic carbocycles. The van der Waals surface area contributed by atoms with Gasteiger partial charge in [0.1, 0.15) is 0 Å². The highest BCUT2D eigenvalue weighted by molar-refractivity contribution is 7.19. The third kappa shape index (κ3) is 3.29. The molecule has 4 nitrogen and oxygen atoms in total. The van der Waals surface area contributed by atoms with Crippen LogP contribution in [0, 0.1) is 0 Å². The van der Waals surface area contributed by atoms with E-state index in [0.29, 0.717) is 12.5 Å². The monoisotopic (exact) mass is 289 g/mol. The molecule has 1 aliphatic heterocycles. The van der Waals surface area contributed by atoms with Crippen molar-refractivity contribution in [1.29, 1.82) is 0 Å². The molecule has 3 N–H and O–H groups in total. The number of fused-ring (bicyclic) bond motifs is 1. The first-order valence-corrected chi connectivity index (χ1v) is 7.76. The minimum absolute atomic E-state index is 0.285. The van der Waals surface area contributed by atoms with E-state index in [-0.39, 0.29) is 6.10 Å². The molecule has 1 atom stereocenters. The zero-order chi connectivity index (χ0) is 13.8. The zero-order valence-corrected chi connectivity index (χ0v) is 12.2. The molecule has 2 aromatic rings.